The lowest BCUT2D eigenvalue weighted by molar-refractivity contribution is 0.448. The van der Waals surface area contributed by atoms with E-state index in [1.807, 2.05) is 18.2 Å². The Bertz CT molecular complexity index is 591. The van der Waals surface area contributed by atoms with Crippen molar-refractivity contribution in [3.8, 4) is 11.6 Å². The van der Waals surface area contributed by atoms with Crippen molar-refractivity contribution in [2.24, 2.45) is 5.84 Å². The Kier molecular flexibility index (Phi) is 4.92. The molecule has 0 aliphatic carbocycles. The van der Waals surface area contributed by atoms with E-state index in [2.05, 4.69) is 51.2 Å². The molecule has 0 aliphatic rings. The first-order valence-electron chi connectivity index (χ1n) is 6.41. The highest BCUT2D eigenvalue weighted by atomic mass is 79.9. The highest BCUT2D eigenvalue weighted by molar-refractivity contribution is 9.10. The van der Waals surface area contributed by atoms with Crippen LogP contribution >= 0.6 is 15.9 Å². The maximum atomic E-state index is 5.91. The largest absolute Gasteiger partial charge is 0.437 e. The van der Waals surface area contributed by atoms with Crippen LogP contribution in [-0.2, 0) is 0 Å². The summed E-state index contributed by atoms with van der Waals surface area (Å²) in [6.45, 7) is 4.32. The third kappa shape index (κ3) is 3.26. The first-order valence-corrected chi connectivity index (χ1v) is 7.21. The van der Waals surface area contributed by atoms with Crippen LogP contribution in [0.3, 0.4) is 0 Å². The molecule has 0 aliphatic heterocycles. The predicted octanol–water partition coefficient (Wildman–Crippen LogP) is 3.83. The Balaban J connectivity index is 2.35. The molecule has 2 aromatic rings. The van der Waals surface area contributed by atoms with Crippen molar-refractivity contribution < 1.29 is 4.74 Å². The van der Waals surface area contributed by atoms with Gasteiger partial charge in [0.25, 0.3) is 0 Å². The quantitative estimate of drug-likeness (QED) is 0.641. The van der Waals surface area contributed by atoms with Crippen LogP contribution < -0.4 is 16.0 Å². The lowest BCUT2D eigenvalue weighted by Gasteiger charge is -2.15. The monoisotopic (exact) mass is 336 g/mol. The Morgan fingerprint density at radius 3 is 2.85 bits per heavy atom. The first kappa shape index (κ1) is 14.7. The topological polar surface area (TPSA) is 73.1 Å². The third-order valence-electron chi connectivity index (χ3n) is 3.11. The van der Waals surface area contributed by atoms with Gasteiger partial charge >= 0.3 is 0 Å². The number of para-hydroxylation sites is 1. The number of ether oxygens (including phenoxy) is 1. The van der Waals surface area contributed by atoms with Gasteiger partial charge in [-0.15, -0.1) is 0 Å². The average Bonchev–Trinajstić information content (AvgIpc) is 2.49. The number of nitrogens with two attached hydrogens (primary N) is 1. The third-order valence-corrected chi connectivity index (χ3v) is 3.65. The number of hydrogen-bond donors (Lipinski definition) is 2. The number of halogens is 1. The predicted molar refractivity (Wildman–Crippen MR) is 82.8 cm³/mol. The Morgan fingerprint density at radius 2 is 2.15 bits per heavy atom. The van der Waals surface area contributed by atoms with Crippen LogP contribution in [-0.4, -0.2) is 9.97 Å². The van der Waals surface area contributed by atoms with Crippen LogP contribution in [0, 0.1) is 0 Å². The van der Waals surface area contributed by atoms with Gasteiger partial charge in [-0.05, 0) is 39.9 Å². The van der Waals surface area contributed by atoms with Crippen LogP contribution in [0.1, 0.15) is 31.7 Å². The fourth-order valence-electron chi connectivity index (χ4n) is 1.80. The molecule has 1 aromatic heterocycles. The Morgan fingerprint density at radius 1 is 1.40 bits per heavy atom. The molecule has 0 fully saturated rings. The van der Waals surface area contributed by atoms with Crippen molar-refractivity contribution >= 4 is 21.9 Å². The number of hydrazine groups is 1. The zero-order valence-electron chi connectivity index (χ0n) is 11.4. The number of anilines is 1. The van der Waals surface area contributed by atoms with Crippen LogP contribution in [0.2, 0.25) is 0 Å². The molecule has 6 heteroatoms. The number of benzene rings is 1. The summed E-state index contributed by atoms with van der Waals surface area (Å²) < 4.78 is 6.59. The van der Waals surface area contributed by atoms with Crippen molar-refractivity contribution in [1.82, 2.24) is 9.97 Å². The molecule has 1 atom stereocenters. The number of nitrogens with zero attached hydrogens (tertiary/aromatic N) is 2. The van der Waals surface area contributed by atoms with Gasteiger partial charge in [0, 0.05) is 0 Å². The van der Waals surface area contributed by atoms with E-state index in [1.54, 1.807) is 6.20 Å². The molecule has 5 nitrogen and oxygen atoms in total. The van der Waals surface area contributed by atoms with Gasteiger partial charge in [0.05, 0.1) is 10.7 Å². The maximum absolute atomic E-state index is 5.91. The van der Waals surface area contributed by atoms with E-state index in [-0.39, 0.29) is 0 Å². The number of nitrogen functional groups attached to an aromatic ring is 1. The molecule has 2 rings (SSSR count). The smallest absolute Gasteiger partial charge is 0.240 e. The molecule has 20 heavy (non-hydrogen) atoms. The fourth-order valence-corrected chi connectivity index (χ4v) is 2.07. The van der Waals surface area contributed by atoms with Crippen molar-refractivity contribution in [3.63, 3.8) is 0 Å². The van der Waals surface area contributed by atoms with Gasteiger partial charge in [-0.3, -0.25) is 5.43 Å². The molecule has 3 N–H and O–H groups in total. The van der Waals surface area contributed by atoms with E-state index in [0.717, 1.165) is 17.7 Å². The van der Waals surface area contributed by atoms with E-state index in [9.17, 15) is 0 Å². The minimum absolute atomic E-state index is 0.309. The minimum atomic E-state index is 0.309. The van der Waals surface area contributed by atoms with Crippen LogP contribution in [0.5, 0.6) is 11.6 Å². The minimum Gasteiger partial charge on any atom is -0.437 e. The van der Waals surface area contributed by atoms with Gasteiger partial charge in [0.2, 0.25) is 11.8 Å². The summed E-state index contributed by atoms with van der Waals surface area (Å²) in [4.78, 5) is 8.19. The second-order valence-corrected chi connectivity index (χ2v) is 5.29. The molecule has 0 amide bonds. The number of rotatable bonds is 5. The molecule has 1 heterocycles. The summed E-state index contributed by atoms with van der Waals surface area (Å²) >= 11 is 3.38. The second-order valence-electron chi connectivity index (χ2n) is 4.44. The molecular weight excluding hydrogens is 320 g/mol. The van der Waals surface area contributed by atoms with E-state index >= 15 is 0 Å². The Hall–Kier alpha value is -1.66. The molecule has 0 radical (unpaired) electrons. The van der Waals surface area contributed by atoms with Crippen LogP contribution in [0.4, 0.5) is 5.95 Å². The molecule has 0 saturated heterocycles. The van der Waals surface area contributed by atoms with E-state index in [4.69, 9.17) is 10.6 Å². The molecule has 0 spiro atoms. The standard InChI is InChI=1S/C14H17BrN4O/c1-3-9(2)10-6-4-5-7-12(10)20-13-11(15)8-17-14(18-13)19-16/h4-9H,3,16H2,1-2H3,(H,17,18,19). The van der Waals surface area contributed by atoms with Crippen molar-refractivity contribution in [1.29, 1.82) is 0 Å². The zero-order valence-corrected chi connectivity index (χ0v) is 13.0. The lowest BCUT2D eigenvalue weighted by Crippen LogP contribution is -2.10. The summed E-state index contributed by atoms with van der Waals surface area (Å²) in [7, 11) is 0. The maximum Gasteiger partial charge on any atom is 0.240 e. The number of aromatic nitrogens is 2. The molecule has 106 valence electrons. The van der Waals surface area contributed by atoms with Gasteiger partial charge in [-0.25, -0.2) is 10.8 Å². The van der Waals surface area contributed by atoms with Gasteiger partial charge in [0.1, 0.15) is 5.75 Å². The van der Waals surface area contributed by atoms with Crippen molar-refractivity contribution in [2.75, 3.05) is 5.43 Å². The summed E-state index contributed by atoms with van der Waals surface area (Å²) in [5.74, 6) is 7.27. The summed E-state index contributed by atoms with van der Waals surface area (Å²) in [5, 5.41) is 0. The molecule has 1 aromatic carbocycles. The first-order chi connectivity index (χ1) is 9.65. The second kappa shape index (κ2) is 6.67. The van der Waals surface area contributed by atoms with E-state index in [1.165, 1.54) is 0 Å². The summed E-state index contributed by atoms with van der Waals surface area (Å²) in [5.41, 5.74) is 3.56. The highest BCUT2D eigenvalue weighted by Crippen LogP contribution is 2.34. The van der Waals surface area contributed by atoms with E-state index < -0.39 is 0 Å². The lowest BCUT2D eigenvalue weighted by atomic mass is 9.98. The van der Waals surface area contributed by atoms with Gasteiger partial charge in [0.15, 0.2) is 0 Å². The van der Waals surface area contributed by atoms with Crippen LogP contribution in [0.25, 0.3) is 0 Å². The number of hydrogen-bond acceptors (Lipinski definition) is 5. The van der Waals surface area contributed by atoms with Crippen LogP contribution in [0.15, 0.2) is 34.9 Å². The molecule has 0 bridgehead atoms. The highest BCUT2D eigenvalue weighted by Gasteiger charge is 2.13. The van der Waals surface area contributed by atoms with Gasteiger partial charge in [-0.2, -0.15) is 4.98 Å². The zero-order chi connectivity index (χ0) is 14.5. The van der Waals surface area contributed by atoms with Gasteiger partial charge in [-0.1, -0.05) is 32.0 Å². The summed E-state index contributed by atoms with van der Waals surface area (Å²) in [6, 6.07) is 7.96. The normalized spacial score (nSPS) is 12.0. The summed E-state index contributed by atoms with van der Waals surface area (Å²) in [6.07, 6.45) is 2.64. The van der Waals surface area contributed by atoms with Crippen molar-refractivity contribution in [3.05, 3.63) is 40.5 Å². The van der Waals surface area contributed by atoms with Crippen molar-refractivity contribution in [2.45, 2.75) is 26.2 Å². The fraction of sp³-hybridized carbons (Fsp3) is 0.286. The molecule has 1 unspecified atom stereocenters. The van der Waals surface area contributed by atoms with Gasteiger partial charge < -0.3 is 4.74 Å². The molecule has 0 saturated carbocycles. The average molecular weight is 337 g/mol. The van der Waals surface area contributed by atoms with E-state index in [0.29, 0.717) is 22.2 Å². The Labute approximate surface area is 126 Å². The molecular formula is C14H17BrN4O. The number of nitrogens with one attached hydrogen (secondary N) is 1. The SMILES string of the molecule is CCC(C)c1ccccc1Oc1nc(NN)ncc1Br.